The molecule has 3 atom stereocenters. The fraction of sp³-hybridized carbons (Fsp3) is 1.00. The predicted molar refractivity (Wildman–Crippen MR) is 48.8 cm³/mol. The zero-order chi connectivity index (χ0) is 9.35. The van der Waals surface area contributed by atoms with E-state index in [0.717, 1.165) is 12.8 Å². The van der Waals surface area contributed by atoms with Gasteiger partial charge in [0.1, 0.15) is 0 Å². The van der Waals surface area contributed by atoms with Crippen molar-refractivity contribution in [2.24, 2.45) is 11.8 Å². The predicted octanol–water partition coefficient (Wildman–Crippen LogP) is 1.55. The van der Waals surface area contributed by atoms with Gasteiger partial charge in [-0.1, -0.05) is 20.8 Å². The molecule has 2 N–H and O–H groups in total. The SMILES string of the molecule is CC(C)[C@@]1(O)CC[C@H](C)[C@H](O)C1. The largest absolute Gasteiger partial charge is 0.393 e. The number of aliphatic hydroxyl groups is 2. The molecular weight excluding hydrogens is 152 g/mol. The summed E-state index contributed by atoms with van der Waals surface area (Å²) in [7, 11) is 0. The van der Waals surface area contributed by atoms with Crippen molar-refractivity contribution in [3.63, 3.8) is 0 Å². The van der Waals surface area contributed by atoms with E-state index in [1.54, 1.807) is 0 Å². The first-order chi connectivity index (χ1) is 5.46. The number of hydrogen-bond acceptors (Lipinski definition) is 2. The molecule has 0 bridgehead atoms. The molecule has 1 fully saturated rings. The lowest BCUT2D eigenvalue weighted by Gasteiger charge is -2.40. The van der Waals surface area contributed by atoms with Crippen LogP contribution in [0.25, 0.3) is 0 Å². The third-order valence-electron chi connectivity index (χ3n) is 3.33. The summed E-state index contributed by atoms with van der Waals surface area (Å²) in [6, 6.07) is 0. The third-order valence-corrected chi connectivity index (χ3v) is 3.33. The lowest BCUT2D eigenvalue weighted by molar-refractivity contribution is -0.0932. The Bertz CT molecular complexity index is 156. The van der Waals surface area contributed by atoms with E-state index in [9.17, 15) is 10.2 Å². The van der Waals surface area contributed by atoms with E-state index in [0.29, 0.717) is 12.3 Å². The van der Waals surface area contributed by atoms with Crippen LogP contribution >= 0.6 is 0 Å². The summed E-state index contributed by atoms with van der Waals surface area (Å²) in [4.78, 5) is 0. The first kappa shape index (κ1) is 10.0. The van der Waals surface area contributed by atoms with Gasteiger partial charge in [0.2, 0.25) is 0 Å². The smallest absolute Gasteiger partial charge is 0.0695 e. The summed E-state index contributed by atoms with van der Waals surface area (Å²) in [5, 5.41) is 19.7. The molecule has 0 spiro atoms. The van der Waals surface area contributed by atoms with Crippen molar-refractivity contribution >= 4 is 0 Å². The molecule has 12 heavy (non-hydrogen) atoms. The Hall–Kier alpha value is -0.0800. The van der Waals surface area contributed by atoms with Gasteiger partial charge in [-0.3, -0.25) is 0 Å². The zero-order valence-corrected chi connectivity index (χ0v) is 8.25. The Balaban J connectivity index is 2.60. The van der Waals surface area contributed by atoms with E-state index in [1.165, 1.54) is 0 Å². The van der Waals surface area contributed by atoms with Crippen LogP contribution < -0.4 is 0 Å². The third kappa shape index (κ3) is 1.80. The van der Waals surface area contributed by atoms with E-state index >= 15 is 0 Å². The summed E-state index contributed by atoms with van der Waals surface area (Å²) < 4.78 is 0. The van der Waals surface area contributed by atoms with Crippen molar-refractivity contribution in [1.29, 1.82) is 0 Å². The molecule has 2 nitrogen and oxygen atoms in total. The Morgan fingerprint density at radius 1 is 1.42 bits per heavy atom. The van der Waals surface area contributed by atoms with Gasteiger partial charge in [-0.15, -0.1) is 0 Å². The molecule has 0 heterocycles. The molecule has 0 aromatic carbocycles. The summed E-state index contributed by atoms with van der Waals surface area (Å²) in [5.41, 5.74) is -0.619. The molecule has 0 aliphatic heterocycles. The molecule has 0 unspecified atom stereocenters. The van der Waals surface area contributed by atoms with Crippen LogP contribution in [0.15, 0.2) is 0 Å². The second-order valence-corrected chi connectivity index (χ2v) is 4.55. The molecule has 1 rings (SSSR count). The second-order valence-electron chi connectivity index (χ2n) is 4.55. The summed E-state index contributed by atoms with van der Waals surface area (Å²) >= 11 is 0. The van der Waals surface area contributed by atoms with Gasteiger partial charge in [-0.05, 0) is 24.7 Å². The second kappa shape index (κ2) is 3.35. The normalized spacial score (nSPS) is 43.5. The molecule has 1 aliphatic rings. The van der Waals surface area contributed by atoms with Gasteiger partial charge in [0.15, 0.2) is 0 Å². The van der Waals surface area contributed by atoms with Gasteiger partial charge < -0.3 is 10.2 Å². The molecule has 0 aromatic heterocycles. The first-order valence-corrected chi connectivity index (χ1v) is 4.86. The maximum Gasteiger partial charge on any atom is 0.0695 e. The van der Waals surface area contributed by atoms with E-state index < -0.39 is 5.60 Å². The Morgan fingerprint density at radius 2 is 2.00 bits per heavy atom. The average Bonchev–Trinajstić information content (AvgIpc) is 1.97. The van der Waals surface area contributed by atoms with Gasteiger partial charge >= 0.3 is 0 Å². The molecule has 0 amide bonds. The van der Waals surface area contributed by atoms with Crippen LogP contribution in [-0.4, -0.2) is 21.9 Å². The Morgan fingerprint density at radius 3 is 2.42 bits per heavy atom. The molecule has 0 saturated heterocycles. The number of aliphatic hydroxyl groups excluding tert-OH is 1. The van der Waals surface area contributed by atoms with Crippen molar-refractivity contribution in [2.45, 2.75) is 51.7 Å². The molecule has 2 heteroatoms. The summed E-state index contributed by atoms with van der Waals surface area (Å²) in [6.07, 6.45) is 2.01. The highest BCUT2D eigenvalue weighted by atomic mass is 16.3. The minimum Gasteiger partial charge on any atom is -0.393 e. The lowest BCUT2D eigenvalue weighted by Crippen LogP contribution is -2.44. The molecular formula is C10H20O2. The number of hydrogen-bond donors (Lipinski definition) is 2. The molecule has 0 aromatic rings. The van der Waals surface area contributed by atoms with Crippen molar-refractivity contribution in [1.82, 2.24) is 0 Å². The summed E-state index contributed by atoms with van der Waals surface area (Å²) in [6.45, 7) is 6.08. The van der Waals surface area contributed by atoms with Crippen molar-refractivity contribution < 1.29 is 10.2 Å². The monoisotopic (exact) mass is 172 g/mol. The Kier molecular flexibility index (Phi) is 2.79. The highest BCUT2D eigenvalue weighted by Crippen LogP contribution is 2.36. The lowest BCUT2D eigenvalue weighted by atomic mass is 9.72. The fourth-order valence-electron chi connectivity index (χ4n) is 1.86. The first-order valence-electron chi connectivity index (χ1n) is 4.86. The van der Waals surface area contributed by atoms with Gasteiger partial charge in [-0.25, -0.2) is 0 Å². The van der Waals surface area contributed by atoms with Crippen molar-refractivity contribution in [3.8, 4) is 0 Å². The van der Waals surface area contributed by atoms with Crippen LogP contribution in [0.4, 0.5) is 0 Å². The minimum atomic E-state index is -0.619. The number of rotatable bonds is 1. The van der Waals surface area contributed by atoms with E-state index in [1.807, 2.05) is 20.8 Å². The zero-order valence-electron chi connectivity index (χ0n) is 8.25. The van der Waals surface area contributed by atoms with E-state index in [2.05, 4.69) is 0 Å². The van der Waals surface area contributed by atoms with Gasteiger partial charge in [-0.2, -0.15) is 0 Å². The highest BCUT2D eigenvalue weighted by molar-refractivity contribution is 4.91. The van der Waals surface area contributed by atoms with Gasteiger partial charge in [0, 0.05) is 6.42 Å². The standard InChI is InChI=1S/C10H20O2/c1-7(2)10(12)5-4-8(3)9(11)6-10/h7-9,11-12H,4-6H2,1-3H3/t8-,9+,10+/m0/s1. The fourth-order valence-corrected chi connectivity index (χ4v) is 1.86. The van der Waals surface area contributed by atoms with Crippen molar-refractivity contribution in [2.75, 3.05) is 0 Å². The van der Waals surface area contributed by atoms with Crippen LogP contribution in [0.1, 0.15) is 40.0 Å². The van der Waals surface area contributed by atoms with Crippen LogP contribution in [0, 0.1) is 11.8 Å². The van der Waals surface area contributed by atoms with Crippen LogP contribution in [0.5, 0.6) is 0 Å². The Labute approximate surface area is 74.6 Å². The van der Waals surface area contributed by atoms with E-state index in [-0.39, 0.29) is 12.0 Å². The maximum absolute atomic E-state index is 10.1. The quantitative estimate of drug-likeness (QED) is 0.630. The minimum absolute atomic E-state index is 0.250. The maximum atomic E-state index is 10.1. The van der Waals surface area contributed by atoms with Gasteiger partial charge in [0.05, 0.1) is 11.7 Å². The average molecular weight is 172 g/mol. The summed E-state index contributed by atoms with van der Waals surface area (Å²) in [5.74, 6) is 0.601. The molecule has 72 valence electrons. The molecule has 1 saturated carbocycles. The van der Waals surface area contributed by atoms with Crippen LogP contribution in [0.2, 0.25) is 0 Å². The topological polar surface area (TPSA) is 40.5 Å². The molecule has 0 radical (unpaired) electrons. The van der Waals surface area contributed by atoms with E-state index in [4.69, 9.17) is 0 Å². The van der Waals surface area contributed by atoms with Crippen LogP contribution in [0.3, 0.4) is 0 Å². The highest BCUT2D eigenvalue weighted by Gasteiger charge is 2.39. The molecule has 1 aliphatic carbocycles. The van der Waals surface area contributed by atoms with Crippen LogP contribution in [-0.2, 0) is 0 Å². The van der Waals surface area contributed by atoms with Crippen molar-refractivity contribution in [3.05, 3.63) is 0 Å². The van der Waals surface area contributed by atoms with Gasteiger partial charge in [0.25, 0.3) is 0 Å².